The molecule has 1 saturated heterocycles. The molecule has 34 heavy (non-hydrogen) atoms. The number of Topliss-reactive ketones (excluding diaryl/α,β-unsaturated/α-hetero) is 1. The predicted molar refractivity (Wildman–Crippen MR) is 129 cm³/mol. The molecule has 0 bridgehead atoms. The van der Waals surface area contributed by atoms with E-state index >= 15 is 0 Å². The number of nitrogens with zero attached hydrogens (tertiary/aromatic N) is 1. The number of piperidine rings is 1. The minimum absolute atomic E-state index is 0.109. The topological polar surface area (TPSA) is 95.6 Å². The van der Waals surface area contributed by atoms with Crippen LogP contribution in [0.5, 0.6) is 0 Å². The molecule has 1 atom stereocenters. The number of anilines is 1. The Kier molecular flexibility index (Phi) is 6.93. The Balaban J connectivity index is 1.35. The van der Waals surface area contributed by atoms with Crippen LogP contribution in [0.1, 0.15) is 30.4 Å². The van der Waals surface area contributed by atoms with Gasteiger partial charge in [0.1, 0.15) is 17.5 Å². The lowest BCUT2D eigenvalue weighted by Gasteiger charge is -2.29. The zero-order valence-electron chi connectivity index (χ0n) is 18.5. The number of halogens is 1. The van der Waals surface area contributed by atoms with E-state index in [9.17, 15) is 19.2 Å². The first-order valence-corrected chi connectivity index (χ1v) is 11.4. The maximum absolute atomic E-state index is 12.9. The van der Waals surface area contributed by atoms with Gasteiger partial charge in [-0.3, -0.25) is 24.1 Å². The highest BCUT2D eigenvalue weighted by Crippen LogP contribution is 2.24. The van der Waals surface area contributed by atoms with Crippen LogP contribution >= 0.6 is 11.6 Å². The van der Waals surface area contributed by atoms with E-state index in [-0.39, 0.29) is 11.5 Å². The molecule has 2 heterocycles. The SMILES string of the molecule is C=C1CCC(N2C(=O)C=C(Nc3cccc(CCC(=O)Cc4ccc(Cl)cc4)c3)C2=O)C(=O)N1. The fourth-order valence-corrected chi connectivity index (χ4v) is 4.17. The number of hydrogen-bond acceptors (Lipinski definition) is 5. The van der Waals surface area contributed by atoms with Gasteiger partial charge in [0, 0.05) is 35.3 Å². The number of allylic oxidation sites excluding steroid dienone is 1. The second kappa shape index (κ2) is 10.1. The van der Waals surface area contributed by atoms with E-state index in [0.29, 0.717) is 48.5 Å². The number of benzene rings is 2. The van der Waals surface area contributed by atoms with Crippen molar-refractivity contribution in [2.75, 3.05) is 5.32 Å². The van der Waals surface area contributed by atoms with Gasteiger partial charge in [-0.15, -0.1) is 0 Å². The largest absolute Gasteiger partial charge is 0.351 e. The van der Waals surface area contributed by atoms with Crippen molar-refractivity contribution in [3.8, 4) is 0 Å². The van der Waals surface area contributed by atoms with Crippen molar-refractivity contribution >= 4 is 40.8 Å². The third-order valence-corrected chi connectivity index (χ3v) is 6.05. The van der Waals surface area contributed by atoms with Gasteiger partial charge in [0.05, 0.1) is 0 Å². The number of amides is 3. The van der Waals surface area contributed by atoms with Crippen LogP contribution in [0, 0.1) is 0 Å². The molecule has 2 aliphatic rings. The Morgan fingerprint density at radius 3 is 2.62 bits per heavy atom. The van der Waals surface area contributed by atoms with Gasteiger partial charge < -0.3 is 10.6 Å². The van der Waals surface area contributed by atoms with Gasteiger partial charge in [0.25, 0.3) is 11.8 Å². The maximum Gasteiger partial charge on any atom is 0.278 e. The molecule has 0 spiro atoms. The first-order valence-electron chi connectivity index (χ1n) is 11.0. The zero-order chi connectivity index (χ0) is 24.2. The van der Waals surface area contributed by atoms with Crippen LogP contribution in [0.2, 0.25) is 5.02 Å². The number of carbonyl (C=O) groups excluding carboxylic acids is 4. The average Bonchev–Trinajstić information content (AvgIpc) is 3.07. The lowest BCUT2D eigenvalue weighted by atomic mass is 10.0. The molecule has 7 nitrogen and oxygen atoms in total. The Morgan fingerprint density at radius 1 is 1.12 bits per heavy atom. The van der Waals surface area contributed by atoms with Crippen LogP contribution in [0.4, 0.5) is 5.69 Å². The zero-order valence-corrected chi connectivity index (χ0v) is 19.2. The van der Waals surface area contributed by atoms with Crippen molar-refractivity contribution in [2.24, 2.45) is 0 Å². The fourth-order valence-electron chi connectivity index (χ4n) is 4.04. The molecule has 0 radical (unpaired) electrons. The van der Waals surface area contributed by atoms with E-state index in [4.69, 9.17) is 11.6 Å². The molecule has 3 amide bonds. The molecule has 0 aliphatic carbocycles. The van der Waals surface area contributed by atoms with Crippen molar-refractivity contribution in [3.05, 3.63) is 88.7 Å². The third-order valence-electron chi connectivity index (χ3n) is 5.80. The number of imide groups is 1. The molecular formula is C26H24ClN3O4. The number of hydrogen-bond donors (Lipinski definition) is 2. The van der Waals surface area contributed by atoms with Crippen molar-refractivity contribution in [1.82, 2.24) is 10.2 Å². The summed E-state index contributed by atoms with van der Waals surface area (Å²) in [5.74, 6) is -1.35. The smallest absolute Gasteiger partial charge is 0.278 e. The lowest BCUT2D eigenvalue weighted by Crippen LogP contribution is -2.52. The molecule has 4 rings (SSSR count). The van der Waals surface area contributed by atoms with E-state index in [1.807, 2.05) is 30.3 Å². The van der Waals surface area contributed by atoms with Gasteiger partial charge in [0.15, 0.2) is 0 Å². The van der Waals surface area contributed by atoms with Crippen LogP contribution in [-0.2, 0) is 32.0 Å². The van der Waals surface area contributed by atoms with Gasteiger partial charge >= 0.3 is 0 Å². The van der Waals surface area contributed by atoms with Crippen LogP contribution < -0.4 is 10.6 Å². The minimum Gasteiger partial charge on any atom is -0.351 e. The van der Waals surface area contributed by atoms with Crippen molar-refractivity contribution < 1.29 is 19.2 Å². The molecule has 2 aromatic carbocycles. The Bertz CT molecular complexity index is 1200. The van der Waals surface area contributed by atoms with E-state index in [2.05, 4.69) is 17.2 Å². The van der Waals surface area contributed by atoms with Crippen LogP contribution in [-0.4, -0.2) is 34.4 Å². The second-order valence-corrected chi connectivity index (χ2v) is 8.82. The third kappa shape index (κ3) is 5.43. The molecule has 2 aliphatic heterocycles. The fraction of sp³-hybridized carbons (Fsp3) is 0.231. The Hall–Kier alpha value is -3.71. The number of rotatable bonds is 8. The van der Waals surface area contributed by atoms with E-state index < -0.39 is 23.8 Å². The van der Waals surface area contributed by atoms with Crippen molar-refractivity contribution in [1.29, 1.82) is 0 Å². The summed E-state index contributed by atoms with van der Waals surface area (Å²) in [4.78, 5) is 50.9. The molecule has 8 heteroatoms. The highest BCUT2D eigenvalue weighted by atomic mass is 35.5. The standard InChI is InChI=1S/C26H24ClN3O4/c1-16-5-12-23(25(33)28-16)30-24(32)15-22(26(30)34)29-20-4-2-3-17(13-20)8-11-21(31)14-18-6-9-19(27)10-7-18/h2-4,6-7,9-10,13,15,23,29H,1,5,8,11-12,14H2,(H,28,33). The number of carbonyl (C=O) groups is 4. The highest BCUT2D eigenvalue weighted by molar-refractivity contribution is 6.30. The molecule has 1 fully saturated rings. The molecule has 0 saturated carbocycles. The van der Waals surface area contributed by atoms with Crippen LogP contribution in [0.15, 0.2) is 72.6 Å². The van der Waals surface area contributed by atoms with Gasteiger partial charge in [-0.2, -0.15) is 0 Å². The summed E-state index contributed by atoms with van der Waals surface area (Å²) in [6.45, 7) is 3.72. The molecule has 174 valence electrons. The number of ketones is 1. The predicted octanol–water partition coefficient (Wildman–Crippen LogP) is 3.54. The minimum atomic E-state index is -0.848. The van der Waals surface area contributed by atoms with Gasteiger partial charge in [-0.05, 0) is 54.7 Å². The normalized spacial score (nSPS) is 18.1. The van der Waals surface area contributed by atoms with Gasteiger partial charge in [-0.1, -0.05) is 42.4 Å². The molecule has 2 aromatic rings. The van der Waals surface area contributed by atoms with Crippen molar-refractivity contribution in [3.63, 3.8) is 0 Å². The van der Waals surface area contributed by atoms with Crippen LogP contribution in [0.3, 0.4) is 0 Å². The number of nitrogens with one attached hydrogen (secondary N) is 2. The summed E-state index contributed by atoms with van der Waals surface area (Å²) < 4.78 is 0. The lowest BCUT2D eigenvalue weighted by molar-refractivity contribution is -0.146. The molecule has 1 unspecified atom stereocenters. The van der Waals surface area contributed by atoms with E-state index in [1.165, 1.54) is 6.08 Å². The highest BCUT2D eigenvalue weighted by Gasteiger charge is 2.41. The molecule has 0 aromatic heterocycles. The quantitative estimate of drug-likeness (QED) is 0.567. The van der Waals surface area contributed by atoms with E-state index in [1.54, 1.807) is 18.2 Å². The monoisotopic (exact) mass is 477 g/mol. The Morgan fingerprint density at radius 2 is 1.88 bits per heavy atom. The second-order valence-electron chi connectivity index (χ2n) is 8.39. The summed E-state index contributed by atoms with van der Waals surface area (Å²) in [5, 5.41) is 6.23. The first kappa shape index (κ1) is 23.4. The summed E-state index contributed by atoms with van der Waals surface area (Å²) in [5.41, 5.74) is 3.15. The maximum atomic E-state index is 12.9. The Labute approximate surface area is 202 Å². The summed E-state index contributed by atoms with van der Waals surface area (Å²) in [7, 11) is 0. The van der Waals surface area contributed by atoms with Crippen LogP contribution in [0.25, 0.3) is 0 Å². The van der Waals surface area contributed by atoms with Crippen molar-refractivity contribution in [2.45, 2.75) is 38.1 Å². The van der Waals surface area contributed by atoms with Gasteiger partial charge in [-0.25, -0.2) is 0 Å². The summed E-state index contributed by atoms with van der Waals surface area (Å²) in [6, 6.07) is 13.7. The molecular weight excluding hydrogens is 454 g/mol. The first-order chi connectivity index (χ1) is 16.3. The molecule has 2 N–H and O–H groups in total. The van der Waals surface area contributed by atoms with E-state index in [0.717, 1.165) is 16.0 Å². The number of aryl methyl sites for hydroxylation is 1. The summed E-state index contributed by atoms with van der Waals surface area (Å²) in [6.07, 6.45) is 3.34. The van der Waals surface area contributed by atoms with Gasteiger partial charge in [0.2, 0.25) is 5.91 Å². The summed E-state index contributed by atoms with van der Waals surface area (Å²) >= 11 is 5.88. The average molecular weight is 478 g/mol.